The second-order valence-electron chi connectivity index (χ2n) is 10.5. The number of nitrogens with zero attached hydrogens (tertiary/aromatic N) is 2. The number of hydrogen-bond acceptors (Lipinski definition) is 4. The molecule has 0 fully saturated rings. The number of amides is 1. The van der Waals surface area contributed by atoms with Gasteiger partial charge in [0.2, 0.25) is 10.0 Å². The number of nitrogens with one attached hydrogen (secondary N) is 1. The summed E-state index contributed by atoms with van der Waals surface area (Å²) in [5.74, 6) is -0.718. The number of sulfonamides is 1. The number of hydrogen-bond donors (Lipinski definition) is 1. The molecule has 0 saturated heterocycles. The fourth-order valence-corrected chi connectivity index (χ4v) is 5.81. The molecule has 2 aromatic heterocycles. The van der Waals surface area contributed by atoms with E-state index >= 15 is 0 Å². The summed E-state index contributed by atoms with van der Waals surface area (Å²) in [5.41, 5.74) is 2.79. The summed E-state index contributed by atoms with van der Waals surface area (Å²) in [7, 11) is -0.863. The number of fused-ring (bicyclic) bond motifs is 2. The van der Waals surface area contributed by atoms with Crippen LogP contribution in [0.25, 0.3) is 50.0 Å². The number of carbonyl (C=O) groups is 1. The smallest absolute Gasteiger partial charge is 0.416 e. The maximum Gasteiger partial charge on any atom is 0.416 e. The second kappa shape index (κ2) is 10.8. The van der Waals surface area contributed by atoms with Crippen LogP contribution in [0.2, 0.25) is 0 Å². The topological polar surface area (TPSA) is 84.6 Å². The highest BCUT2D eigenvalue weighted by atomic mass is 32.2. The van der Waals surface area contributed by atoms with Gasteiger partial charge in [-0.15, -0.1) is 0 Å². The SMILES string of the molecule is CNC(=O)c1c(-c2ccc(F)cc2)oc2cc(N(C)S(C)(=O)=O)c(-c3ccc4c(ccn4-c4ccc(C(F)(F)F)cc4)c3)cc12. The van der Waals surface area contributed by atoms with E-state index in [-0.39, 0.29) is 22.6 Å². The molecule has 230 valence electrons. The van der Waals surface area contributed by atoms with Crippen molar-refractivity contribution in [2.24, 2.45) is 0 Å². The van der Waals surface area contributed by atoms with Crippen molar-refractivity contribution >= 4 is 43.5 Å². The quantitative estimate of drug-likeness (QED) is 0.191. The Balaban J connectivity index is 1.54. The fraction of sp³-hybridized carbons (Fsp3) is 0.121. The lowest BCUT2D eigenvalue weighted by Crippen LogP contribution is -2.25. The van der Waals surface area contributed by atoms with Crippen molar-refractivity contribution in [1.82, 2.24) is 9.88 Å². The molecule has 0 atom stereocenters. The van der Waals surface area contributed by atoms with Gasteiger partial charge in [-0.25, -0.2) is 12.8 Å². The van der Waals surface area contributed by atoms with Gasteiger partial charge in [-0.05, 0) is 78.4 Å². The first kappa shape index (κ1) is 29.9. The molecule has 0 bridgehead atoms. The molecule has 0 aliphatic rings. The van der Waals surface area contributed by atoms with Gasteiger partial charge in [0.25, 0.3) is 5.91 Å². The lowest BCUT2D eigenvalue weighted by molar-refractivity contribution is -0.137. The van der Waals surface area contributed by atoms with E-state index in [1.807, 2.05) is 6.07 Å². The standard InChI is InChI=1S/C33H25F4N3O4S/c1-38-32(41)30-26-17-25(28(39(2)45(3,42)43)18-29(26)44-31(30)19-4-9-23(34)10-5-19)20-6-13-27-21(16-20)14-15-40(27)24-11-7-22(8-12-24)33(35,36)37/h4-18H,1-3H3,(H,38,41). The Labute approximate surface area is 255 Å². The van der Waals surface area contributed by atoms with Gasteiger partial charge in [0.1, 0.15) is 17.2 Å². The molecular formula is C33H25F4N3O4S. The van der Waals surface area contributed by atoms with Gasteiger partial charge >= 0.3 is 6.18 Å². The number of furan rings is 1. The van der Waals surface area contributed by atoms with Gasteiger partial charge in [-0.2, -0.15) is 13.2 Å². The number of carbonyl (C=O) groups excluding carboxylic acids is 1. The fourth-order valence-electron chi connectivity index (χ4n) is 5.30. The average molecular weight is 636 g/mol. The minimum Gasteiger partial charge on any atom is -0.455 e. The van der Waals surface area contributed by atoms with Crippen molar-refractivity contribution in [3.63, 3.8) is 0 Å². The predicted octanol–water partition coefficient (Wildman–Crippen LogP) is 7.62. The zero-order valence-electron chi connectivity index (χ0n) is 24.1. The maximum absolute atomic E-state index is 13.7. The number of aromatic nitrogens is 1. The third kappa shape index (κ3) is 5.42. The van der Waals surface area contributed by atoms with E-state index in [1.54, 1.807) is 41.1 Å². The molecule has 0 aliphatic carbocycles. The molecule has 4 aromatic carbocycles. The van der Waals surface area contributed by atoms with Crippen LogP contribution < -0.4 is 9.62 Å². The Hall–Kier alpha value is -5.10. The number of rotatable bonds is 6. The molecule has 0 aliphatic heterocycles. The van der Waals surface area contributed by atoms with E-state index < -0.39 is 33.5 Å². The van der Waals surface area contributed by atoms with Crippen LogP contribution in [-0.4, -0.2) is 39.2 Å². The van der Waals surface area contributed by atoms with Crippen molar-refractivity contribution in [3.05, 3.63) is 108 Å². The van der Waals surface area contributed by atoms with Crippen LogP contribution in [0.15, 0.2) is 95.5 Å². The third-order valence-electron chi connectivity index (χ3n) is 7.68. The molecule has 2 heterocycles. The molecule has 7 nitrogen and oxygen atoms in total. The summed E-state index contributed by atoms with van der Waals surface area (Å²) in [6.45, 7) is 0. The van der Waals surface area contributed by atoms with Gasteiger partial charge < -0.3 is 14.3 Å². The van der Waals surface area contributed by atoms with Crippen LogP contribution in [0.3, 0.4) is 0 Å². The van der Waals surface area contributed by atoms with Crippen LogP contribution >= 0.6 is 0 Å². The minimum absolute atomic E-state index is 0.193. The highest BCUT2D eigenvalue weighted by Gasteiger charge is 2.30. The lowest BCUT2D eigenvalue weighted by Gasteiger charge is -2.21. The van der Waals surface area contributed by atoms with E-state index in [0.717, 1.165) is 28.1 Å². The predicted molar refractivity (Wildman–Crippen MR) is 166 cm³/mol. The Bertz CT molecular complexity index is 2200. The molecule has 0 unspecified atom stereocenters. The summed E-state index contributed by atoms with van der Waals surface area (Å²) >= 11 is 0. The van der Waals surface area contributed by atoms with Crippen LogP contribution in [0, 0.1) is 5.82 Å². The van der Waals surface area contributed by atoms with Crippen molar-refractivity contribution in [3.8, 4) is 28.1 Å². The monoisotopic (exact) mass is 635 g/mol. The normalized spacial score (nSPS) is 12.2. The molecule has 0 radical (unpaired) electrons. The zero-order chi connectivity index (χ0) is 32.3. The first-order valence-corrected chi connectivity index (χ1v) is 15.4. The first-order chi connectivity index (χ1) is 21.3. The number of halogens is 4. The Kier molecular flexibility index (Phi) is 7.19. The van der Waals surface area contributed by atoms with Gasteiger partial charge in [-0.1, -0.05) is 6.07 Å². The van der Waals surface area contributed by atoms with Gasteiger partial charge in [0.15, 0.2) is 0 Å². The van der Waals surface area contributed by atoms with Crippen LogP contribution in [-0.2, 0) is 16.2 Å². The van der Waals surface area contributed by atoms with Gasteiger partial charge in [0, 0.05) is 53.9 Å². The van der Waals surface area contributed by atoms with Gasteiger partial charge in [0.05, 0.1) is 28.6 Å². The summed E-state index contributed by atoms with van der Waals surface area (Å²) in [4.78, 5) is 13.1. The largest absolute Gasteiger partial charge is 0.455 e. The number of alkyl halides is 3. The zero-order valence-corrected chi connectivity index (χ0v) is 24.9. The summed E-state index contributed by atoms with van der Waals surface area (Å²) in [6, 6.07) is 20.7. The number of anilines is 1. The van der Waals surface area contributed by atoms with E-state index in [9.17, 15) is 30.8 Å². The van der Waals surface area contributed by atoms with Crippen LogP contribution in [0.5, 0.6) is 0 Å². The first-order valence-electron chi connectivity index (χ1n) is 13.6. The highest BCUT2D eigenvalue weighted by molar-refractivity contribution is 7.92. The molecule has 0 saturated carbocycles. The highest BCUT2D eigenvalue weighted by Crippen LogP contribution is 2.42. The van der Waals surface area contributed by atoms with E-state index in [2.05, 4.69) is 5.32 Å². The van der Waals surface area contributed by atoms with Crippen molar-refractivity contribution < 1.29 is 35.2 Å². The van der Waals surface area contributed by atoms with Crippen molar-refractivity contribution in [2.45, 2.75) is 6.18 Å². The third-order valence-corrected chi connectivity index (χ3v) is 8.87. The Morgan fingerprint density at radius 3 is 2.20 bits per heavy atom. The molecule has 6 rings (SSSR count). The van der Waals surface area contributed by atoms with E-state index in [1.165, 1.54) is 50.5 Å². The Morgan fingerprint density at radius 2 is 1.58 bits per heavy atom. The van der Waals surface area contributed by atoms with E-state index in [4.69, 9.17) is 4.42 Å². The van der Waals surface area contributed by atoms with E-state index in [0.29, 0.717) is 33.3 Å². The average Bonchev–Trinajstić information content (AvgIpc) is 3.60. The lowest BCUT2D eigenvalue weighted by atomic mass is 9.97. The molecule has 12 heteroatoms. The van der Waals surface area contributed by atoms with Crippen molar-refractivity contribution in [1.29, 1.82) is 0 Å². The Morgan fingerprint density at radius 1 is 0.911 bits per heavy atom. The van der Waals surface area contributed by atoms with Crippen LogP contribution in [0.4, 0.5) is 23.2 Å². The summed E-state index contributed by atoms with van der Waals surface area (Å²) in [6.07, 6.45) is -1.65. The number of benzene rings is 4. The molecule has 1 N–H and O–H groups in total. The minimum atomic E-state index is -4.45. The molecule has 6 aromatic rings. The van der Waals surface area contributed by atoms with Crippen molar-refractivity contribution in [2.75, 3.05) is 24.7 Å². The maximum atomic E-state index is 13.7. The molecular weight excluding hydrogens is 610 g/mol. The van der Waals surface area contributed by atoms with Gasteiger partial charge in [-0.3, -0.25) is 9.10 Å². The van der Waals surface area contributed by atoms with Crippen LogP contribution in [0.1, 0.15) is 15.9 Å². The summed E-state index contributed by atoms with van der Waals surface area (Å²) < 4.78 is 87.3. The second-order valence-corrected chi connectivity index (χ2v) is 12.5. The summed E-state index contributed by atoms with van der Waals surface area (Å²) in [5, 5.41) is 3.77. The molecule has 0 spiro atoms. The molecule has 45 heavy (non-hydrogen) atoms. The molecule has 1 amide bonds.